The van der Waals surface area contributed by atoms with Gasteiger partial charge in [0.25, 0.3) is 17.7 Å². The third-order valence-corrected chi connectivity index (χ3v) is 7.14. The van der Waals surface area contributed by atoms with Gasteiger partial charge >= 0.3 is 18.4 Å². The lowest BCUT2D eigenvalue weighted by Gasteiger charge is -2.36. The van der Waals surface area contributed by atoms with Crippen molar-refractivity contribution in [1.29, 1.82) is 0 Å². The second-order valence-electron chi connectivity index (χ2n) is 12.2. The predicted octanol–water partition coefficient (Wildman–Crippen LogP) is 6.00. The minimum Gasteiger partial charge on any atom is -0.444 e. The van der Waals surface area contributed by atoms with Crippen molar-refractivity contribution in [3.05, 3.63) is 78.5 Å². The van der Waals surface area contributed by atoms with Crippen LogP contribution in [-0.2, 0) is 36.6 Å². The fourth-order valence-corrected chi connectivity index (χ4v) is 4.83. The summed E-state index contributed by atoms with van der Waals surface area (Å²) in [5.41, 5.74) is -4.57. The summed E-state index contributed by atoms with van der Waals surface area (Å²) in [6.45, 7) is 9.70. The van der Waals surface area contributed by atoms with Gasteiger partial charge in [0, 0.05) is 0 Å². The molecular weight excluding hydrogens is 692 g/mol. The quantitative estimate of drug-likeness (QED) is 0.137. The summed E-state index contributed by atoms with van der Waals surface area (Å²) in [7, 11) is 0. The van der Waals surface area contributed by atoms with Crippen LogP contribution in [-0.4, -0.2) is 65.4 Å². The highest BCUT2D eigenvalue weighted by Gasteiger charge is 2.61. The predicted molar refractivity (Wildman–Crippen MR) is 171 cm³/mol. The van der Waals surface area contributed by atoms with E-state index < -0.39 is 95.8 Å². The first kappa shape index (κ1) is 40.5. The number of anilines is 2. The topological polar surface area (TPSA) is 148 Å². The second-order valence-corrected chi connectivity index (χ2v) is 12.2. The van der Waals surface area contributed by atoms with Gasteiger partial charge in [-0.05, 0) is 51.7 Å². The molecule has 18 heteroatoms. The highest BCUT2D eigenvalue weighted by atomic mass is 19.4. The van der Waals surface area contributed by atoms with E-state index in [2.05, 4.69) is 18.1 Å². The van der Waals surface area contributed by atoms with Gasteiger partial charge < -0.3 is 14.2 Å². The van der Waals surface area contributed by atoms with Crippen molar-refractivity contribution in [1.82, 2.24) is 15.8 Å². The fourth-order valence-electron chi connectivity index (χ4n) is 4.83. The Balaban J connectivity index is 2.11. The van der Waals surface area contributed by atoms with Gasteiger partial charge in [0.2, 0.25) is 5.60 Å². The normalized spacial score (nSPS) is 16.5. The van der Waals surface area contributed by atoms with E-state index in [0.29, 0.717) is 11.0 Å². The molecule has 4 amide bonds. The van der Waals surface area contributed by atoms with Crippen molar-refractivity contribution in [2.24, 2.45) is 0 Å². The van der Waals surface area contributed by atoms with Crippen molar-refractivity contribution in [3.8, 4) is 0 Å². The molecule has 51 heavy (non-hydrogen) atoms. The maximum absolute atomic E-state index is 14.6. The first-order chi connectivity index (χ1) is 23.7. The Morgan fingerprint density at radius 2 is 1.71 bits per heavy atom. The molecular formula is C33H37F6N5O7. The largest absolute Gasteiger partial charge is 0.444 e. The van der Waals surface area contributed by atoms with E-state index in [1.165, 1.54) is 51.1 Å². The molecule has 1 aromatic heterocycles. The molecule has 1 fully saturated rings. The first-order valence-electron chi connectivity index (χ1n) is 15.3. The van der Waals surface area contributed by atoms with Crippen LogP contribution >= 0.6 is 0 Å². The number of ether oxygens (including phenoxy) is 3. The summed E-state index contributed by atoms with van der Waals surface area (Å²) < 4.78 is 103. The van der Waals surface area contributed by atoms with Gasteiger partial charge in [0.1, 0.15) is 23.6 Å². The monoisotopic (exact) mass is 729 g/mol. The first-order valence-corrected chi connectivity index (χ1v) is 15.3. The molecule has 2 aromatic rings. The number of nitrogens with one attached hydrogen (secondary N) is 3. The maximum Gasteiger partial charge on any atom is 0.426 e. The Bertz CT molecular complexity index is 1610. The molecule has 1 saturated heterocycles. The summed E-state index contributed by atoms with van der Waals surface area (Å²) >= 11 is 0. The molecule has 2 heterocycles. The van der Waals surface area contributed by atoms with Gasteiger partial charge in [-0.1, -0.05) is 42.5 Å². The lowest BCUT2D eigenvalue weighted by atomic mass is 9.95. The van der Waals surface area contributed by atoms with Crippen LogP contribution in [0.4, 0.5) is 42.6 Å². The molecule has 0 saturated carbocycles. The molecule has 1 aromatic carbocycles. The summed E-state index contributed by atoms with van der Waals surface area (Å²) in [5, 5.41) is 1.99. The van der Waals surface area contributed by atoms with E-state index in [1.54, 1.807) is 16.9 Å². The molecule has 12 nitrogen and oxygen atoms in total. The summed E-state index contributed by atoms with van der Waals surface area (Å²) in [5.74, 6) is -5.50. The van der Waals surface area contributed by atoms with Crippen molar-refractivity contribution in [2.45, 2.75) is 76.2 Å². The Morgan fingerprint density at radius 3 is 2.27 bits per heavy atom. The van der Waals surface area contributed by atoms with Crippen LogP contribution in [0, 0.1) is 0 Å². The summed E-state index contributed by atoms with van der Waals surface area (Å²) in [6.07, 6.45) is -10.9. The number of hydrazine groups is 1. The number of carbonyl (C=O) groups excluding carboxylic acids is 4. The van der Waals surface area contributed by atoms with E-state index in [4.69, 9.17) is 14.2 Å². The van der Waals surface area contributed by atoms with E-state index >= 15 is 0 Å². The van der Waals surface area contributed by atoms with Gasteiger partial charge in [-0.3, -0.25) is 35.5 Å². The number of amides is 4. The van der Waals surface area contributed by atoms with Gasteiger partial charge in [-0.2, -0.15) is 26.3 Å². The Morgan fingerprint density at radius 1 is 1.04 bits per heavy atom. The second kappa shape index (κ2) is 16.4. The molecule has 1 aliphatic heterocycles. The molecule has 1 aliphatic rings. The number of benzene rings is 1. The number of alkyl halides is 6. The summed E-state index contributed by atoms with van der Waals surface area (Å²) in [6, 6.07) is 6.86. The molecule has 2 atom stereocenters. The fraction of sp³-hybridized carbons (Fsp3) is 0.424. The van der Waals surface area contributed by atoms with Crippen molar-refractivity contribution in [2.75, 3.05) is 23.4 Å². The zero-order valence-electron chi connectivity index (χ0n) is 27.9. The number of aromatic nitrogens is 1. The smallest absolute Gasteiger partial charge is 0.426 e. The summed E-state index contributed by atoms with van der Waals surface area (Å²) in [4.78, 5) is 56.9. The lowest BCUT2D eigenvalue weighted by molar-refractivity contribution is -0.273. The average Bonchev–Trinajstić information content (AvgIpc) is 3.02. The Labute approximate surface area is 289 Å². The molecule has 278 valence electrons. The van der Waals surface area contributed by atoms with E-state index in [1.807, 2.05) is 5.32 Å². The molecule has 1 unspecified atom stereocenters. The maximum atomic E-state index is 14.6. The van der Waals surface area contributed by atoms with Crippen LogP contribution in [0.3, 0.4) is 0 Å². The SMILES string of the molecule is C=CCCC(OCc1ccccc1)(C(=O)NNC(=O)c1nc(N2C(=O)COC[C@H]2CC=C)c(C(F)(F)F)cc1NC(=O)OC(C)(C)C)C(F)(F)F. The Hall–Kier alpha value is -4.97. The van der Waals surface area contributed by atoms with Gasteiger partial charge in [0.05, 0.1) is 24.9 Å². The van der Waals surface area contributed by atoms with E-state index in [-0.39, 0.29) is 25.0 Å². The van der Waals surface area contributed by atoms with Crippen LogP contribution in [0.1, 0.15) is 61.6 Å². The van der Waals surface area contributed by atoms with Crippen LogP contribution in [0.25, 0.3) is 0 Å². The van der Waals surface area contributed by atoms with Crippen molar-refractivity contribution < 1.29 is 59.7 Å². The minimum absolute atomic E-state index is 0.0621. The van der Waals surface area contributed by atoms with Crippen LogP contribution in [0.15, 0.2) is 61.7 Å². The molecule has 3 N–H and O–H groups in total. The van der Waals surface area contributed by atoms with Gasteiger partial charge in [0.15, 0.2) is 5.69 Å². The third kappa shape index (κ3) is 10.3. The highest BCUT2D eigenvalue weighted by Crippen LogP contribution is 2.41. The van der Waals surface area contributed by atoms with E-state index in [0.717, 1.165) is 6.08 Å². The van der Waals surface area contributed by atoms with Gasteiger partial charge in [-0.15, -0.1) is 13.2 Å². The Kier molecular flexibility index (Phi) is 13.0. The molecule has 0 bridgehead atoms. The number of nitrogens with zero attached hydrogens (tertiary/aromatic N) is 2. The van der Waals surface area contributed by atoms with Crippen molar-refractivity contribution in [3.63, 3.8) is 0 Å². The van der Waals surface area contributed by atoms with Crippen molar-refractivity contribution >= 4 is 35.3 Å². The zero-order valence-corrected chi connectivity index (χ0v) is 27.9. The number of halogens is 6. The van der Waals surface area contributed by atoms with E-state index in [9.17, 15) is 45.5 Å². The number of carbonyl (C=O) groups is 4. The average molecular weight is 730 g/mol. The number of morpholine rings is 1. The number of rotatable bonds is 12. The third-order valence-electron chi connectivity index (χ3n) is 7.14. The number of hydrogen-bond donors (Lipinski definition) is 3. The van der Waals surface area contributed by atoms with Crippen LogP contribution in [0.2, 0.25) is 0 Å². The number of pyridine rings is 1. The molecule has 0 radical (unpaired) electrons. The number of allylic oxidation sites excluding steroid dienone is 1. The molecule has 0 spiro atoms. The van der Waals surface area contributed by atoms with Crippen LogP contribution < -0.4 is 21.1 Å². The molecule has 0 aliphatic carbocycles. The van der Waals surface area contributed by atoms with Crippen LogP contribution in [0.5, 0.6) is 0 Å². The minimum atomic E-state index is -5.35. The van der Waals surface area contributed by atoms with Gasteiger partial charge in [-0.25, -0.2) is 9.78 Å². The lowest BCUT2D eigenvalue weighted by Crippen LogP contribution is -2.61. The standard InChI is InChI=1S/C33H37F6N5O7/c1-6-8-15-31(33(37,38)39,50-17-20-13-10-9-11-14-20)28(47)43-42-27(46)25-23(40-29(48)51-30(3,4)5)16-22(32(34,35)36)26(41-25)44-21(12-7-2)18-49-19-24(44)45/h6-7,9-11,13-14,16,21H,1-2,8,12,15,17-19H2,3-5H3,(H,40,48)(H,42,46)(H,43,47)/t21-,31?/m1/s1. The molecule has 3 rings (SSSR count). The highest BCUT2D eigenvalue weighted by molar-refractivity contribution is 6.04. The zero-order chi connectivity index (χ0) is 38.2. The number of hydrogen-bond acceptors (Lipinski definition) is 8.